The molecule has 29 heavy (non-hydrogen) atoms. The van der Waals surface area contributed by atoms with E-state index in [-0.39, 0.29) is 0 Å². The summed E-state index contributed by atoms with van der Waals surface area (Å²) in [6.07, 6.45) is 1.62. The van der Waals surface area contributed by atoms with Gasteiger partial charge in [0, 0.05) is 34.5 Å². The molecule has 0 atom stereocenters. The molecule has 0 saturated carbocycles. The number of carbonyl (C=O) groups excluding carboxylic acids is 2. The minimum atomic E-state index is 0.387. The molecule has 0 unspecified atom stereocenters. The number of aliphatic hydroxyl groups is 1. The summed E-state index contributed by atoms with van der Waals surface area (Å²) < 4.78 is 0. The molecular formula is C20H22ClN3O3S2. The molecule has 7 N–H and O–H groups in total. The van der Waals surface area contributed by atoms with E-state index < -0.39 is 0 Å². The maximum Gasteiger partial charge on any atom is 0.153 e. The Bertz CT molecular complexity index is 911. The van der Waals surface area contributed by atoms with Crippen LogP contribution < -0.4 is 17.2 Å². The second kappa shape index (κ2) is 12.8. The predicted octanol–water partition coefficient (Wildman–Crippen LogP) is 4.21. The zero-order valence-electron chi connectivity index (χ0n) is 15.7. The molecule has 0 aliphatic rings. The number of carbonyl (C=O) groups is 2. The van der Waals surface area contributed by atoms with Crippen LogP contribution in [0.3, 0.4) is 0 Å². The fourth-order valence-electron chi connectivity index (χ4n) is 2.21. The molecule has 1 aromatic heterocycles. The highest BCUT2D eigenvalue weighted by Gasteiger charge is 2.09. The molecule has 0 aliphatic heterocycles. The number of thiophene rings is 1. The van der Waals surface area contributed by atoms with Crippen molar-refractivity contribution in [1.82, 2.24) is 0 Å². The molecule has 0 spiro atoms. The number of anilines is 3. The van der Waals surface area contributed by atoms with E-state index in [4.69, 9.17) is 33.9 Å². The van der Waals surface area contributed by atoms with E-state index in [0.717, 1.165) is 35.7 Å². The standard InChI is InChI=1S/C11H8ClNOS.C8H10N2OS.CH4O/c12-8-3-1-7(2-4-8)10-6-15-11(13)9(10)5-14;9-6-2-1-3-7(10)8(6)12-5-4-11;1-2/h1-6H,13H2;1-4H,5,9-10H2;2H,1H3. The highest BCUT2D eigenvalue weighted by atomic mass is 35.5. The zero-order chi connectivity index (χ0) is 21.8. The third kappa shape index (κ3) is 7.10. The summed E-state index contributed by atoms with van der Waals surface area (Å²) in [6, 6.07) is 12.6. The molecule has 9 heteroatoms. The summed E-state index contributed by atoms with van der Waals surface area (Å²) in [6.45, 7) is 0. The maximum atomic E-state index is 10.9. The number of aliphatic hydroxyl groups excluding tert-OH is 1. The van der Waals surface area contributed by atoms with Crippen LogP contribution in [0.5, 0.6) is 0 Å². The fraction of sp³-hybridized carbons (Fsp3) is 0.100. The Labute approximate surface area is 182 Å². The van der Waals surface area contributed by atoms with Gasteiger partial charge in [-0.25, -0.2) is 0 Å². The average molecular weight is 452 g/mol. The van der Waals surface area contributed by atoms with Gasteiger partial charge in [-0.1, -0.05) is 29.8 Å². The Hall–Kier alpha value is -2.52. The first-order valence-electron chi connectivity index (χ1n) is 8.21. The van der Waals surface area contributed by atoms with Crippen molar-refractivity contribution in [3.8, 4) is 11.1 Å². The van der Waals surface area contributed by atoms with Gasteiger partial charge < -0.3 is 27.1 Å². The smallest absolute Gasteiger partial charge is 0.153 e. The molecule has 0 fully saturated rings. The number of hydrogen-bond donors (Lipinski definition) is 4. The van der Waals surface area contributed by atoms with Gasteiger partial charge in [0.2, 0.25) is 0 Å². The minimum absolute atomic E-state index is 0.387. The summed E-state index contributed by atoms with van der Waals surface area (Å²) in [5, 5.41) is 10.1. The average Bonchev–Trinajstić information content (AvgIpc) is 3.11. The van der Waals surface area contributed by atoms with E-state index in [1.165, 1.54) is 23.1 Å². The van der Waals surface area contributed by atoms with Crippen molar-refractivity contribution < 1.29 is 14.7 Å². The van der Waals surface area contributed by atoms with Crippen molar-refractivity contribution in [3.63, 3.8) is 0 Å². The SMILES string of the molecule is CO.Nc1cccc(N)c1SCC=O.Nc1scc(-c2ccc(Cl)cc2)c1C=O. The van der Waals surface area contributed by atoms with Crippen LogP contribution in [-0.4, -0.2) is 30.5 Å². The lowest BCUT2D eigenvalue weighted by molar-refractivity contribution is -0.105. The molecule has 0 saturated heterocycles. The van der Waals surface area contributed by atoms with Gasteiger partial charge in [-0.3, -0.25) is 4.79 Å². The predicted molar refractivity (Wildman–Crippen MR) is 125 cm³/mol. The Kier molecular flexibility index (Phi) is 10.9. The number of halogens is 1. The van der Waals surface area contributed by atoms with Gasteiger partial charge in [0.05, 0.1) is 21.2 Å². The molecular weight excluding hydrogens is 430 g/mol. The van der Waals surface area contributed by atoms with Crippen LogP contribution in [0, 0.1) is 0 Å². The second-order valence-electron chi connectivity index (χ2n) is 5.30. The fourth-order valence-corrected chi connectivity index (χ4v) is 3.84. The van der Waals surface area contributed by atoms with Gasteiger partial charge in [0.15, 0.2) is 6.29 Å². The lowest BCUT2D eigenvalue weighted by Gasteiger charge is -2.05. The van der Waals surface area contributed by atoms with Crippen LogP contribution in [-0.2, 0) is 4.79 Å². The van der Waals surface area contributed by atoms with E-state index >= 15 is 0 Å². The minimum Gasteiger partial charge on any atom is -0.400 e. The summed E-state index contributed by atoms with van der Waals surface area (Å²) in [5.74, 6) is 0.387. The molecule has 154 valence electrons. The van der Waals surface area contributed by atoms with E-state index in [1.54, 1.807) is 30.3 Å². The quantitative estimate of drug-likeness (QED) is 0.259. The topological polar surface area (TPSA) is 132 Å². The van der Waals surface area contributed by atoms with Crippen molar-refractivity contribution in [1.29, 1.82) is 0 Å². The number of thioether (sulfide) groups is 1. The molecule has 0 radical (unpaired) electrons. The monoisotopic (exact) mass is 451 g/mol. The highest BCUT2D eigenvalue weighted by molar-refractivity contribution is 8.00. The van der Waals surface area contributed by atoms with E-state index in [1.807, 2.05) is 17.5 Å². The molecule has 1 heterocycles. The maximum absolute atomic E-state index is 10.9. The number of benzene rings is 2. The normalized spacial score (nSPS) is 9.48. The lowest BCUT2D eigenvalue weighted by atomic mass is 10.1. The first-order chi connectivity index (χ1) is 14.0. The number of nitrogen functional groups attached to an aromatic ring is 3. The van der Waals surface area contributed by atoms with E-state index in [9.17, 15) is 9.59 Å². The van der Waals surface area contributed by atoms with Crippen LogP contribution >= 0.6 is 34.7 Å². The largest absolute Gasteiger partial charge is 0.400 e. The van der Waals surface area contributed by atoms with Gasteiger partial charge in [0.1, 0.15) is 6.29 Å². The highest BCUT2D eigenvalue weighted by Crippen LogP contribution is 2.32. The number of rotatable bonds is 5. The van der Waals surface area contributed by atoms with Gasteiger partial charge in [-0.2, -0.15) is 0 Å². The number of nitrogens with two attached hydrogens (primary N) is 3. The van der Waals surface area contributed by atoms with Gasteiger partial charge in [0.25, 0.3) is 0 Å². The van der Waals surface area contributed by atoms with Crippen LogP contribution in [0.25, 0.3) is 11.1 Å². The molecule has 3 aromatic rings. The van der Waals surface area contributed by atoms with Crippen LogP contribution in [0.1, 0.15) is 10.4 Å². The summed E-state index contributed by atoms with van der Waals surface area (Å²) in [7, 11) is 1.00. The second-order valence-corrected chi connectivity index (χ2v) is 7.67. The Morgan fingerprint density at radius 1 is 1.03 bits per heavy atom. The lowest BCUT2D eigenvalue weighted by Crippen LogP contribution is -1.95. The van der Waals surface area contributed by atoms with Crippen molar-refractivity contribution >= 4 is 63.6 Å². The molecule has 6 nitrogen and oxygen atoms in total. The molecule has 0 amide bonds. The third-order valence-corrected chi connectivity index (χ3v) is 5.65. The first-order valence-corrected chi connectivity index (χ1v) is 10.5. The number of aldehydes is 2. The number of hydrogen-bond acceptors (Lipinski definition) is 8. The molecule has 2 aromatic carbocycles. The van der Waals surface area contributed by atoms with Crippen LogP contribution in [0.4, 0.5) is 16.4 Å². The first kappa shape index (κ1) is 24.5. The zero-order valence-corrected chi connectivity index (χ0v) is 18.1. The van der Waals surface area contributed by atoms with E-state index in [0.29, 0.717) is 32.7 Å². The van der Waals surface area contributed by atoms with Crippen LogP contribution in [0.2, 0.25) is 5.02 Å². The van der Waals surface area contributed by atoms with Crippen molar-refractivity contribution in [3.05, 3.63) is 58.4 Å². The van der Waals surface area contributed by atoms with Crippen molar-refractivity contribution in [2.75, 3.05) is 30.1 Å². The van der Waals surface area contributed by atoms with Gasteiger partial charge in [-0.05, 0) is 29.8 Å². The Morgan fingerprint density at radius 3 is 2.14 bits per heavy atom. The third-order valence-electron chi connectivity index (χ3n) is 3.50. The summed E-state index contributed by atoms with van der Waals surface area (Å²) >= 11 is 8.51. The van der Waals surface area contributed by atoms with Gasteiger partial charge in [-0.15, -0.1) is 23.1 Å². The Morgan fingerprint density at radius 2 is 1.62 bits per heavy atom. The Balaban J connectivity index is 0.000000273. The summed E-state index contributed by atoms with van der Waals surface area (Å²) in [5.41, 5.74) is 20.6. The van der Waals surface area contributed by atoms with E-state index in [2.05, 4.69) is 0 Å². The van der Waals surface area contributed by atoms with Crippen molar-refractivity contribution in [2.45, 2.75) is 4.90 Å². The molecule has 0 aliphatic carbocycles. The van der Waals surface area contributed by atoms with Gasteiger partial charge >= 0.3 is 0 Å². The molecule has 3 rings (SSSR count). The summed E-state index contributed by atoms with van der Waals surface area (Å²) in [4.78, 5) is 21.7. The molecule has 0 bridgehead atoms. The van der Waals surface area contributed by atoms with Crippen LogP contribution in [0.15, 0.2) is 52.7 Å². The van der Waals surface area contributed by atoms with Crippen molar-refractivity contribution in [2.24, 2.45) is 0 Å².